The summed E-state index contributed by atoms with van der Waals surface area (Å²) in [6.45, 7) is 5.38. The molecule has 0 aliphatic carbocycles. The van der Waals surface area contributed by atoms with Gasteiger partial charge in [0.2, 0.25) is 0 Å². The number of amides is 1. The van der Waals surface area contributed by atoms with Crippen molar-refractivity contribution in [2.24, 2.45) is 0 Å². The number of benzene rings is 2. The lowest BCUT2D eigenvalue weighted by Gasteiger charge is -2.37. The van der Waals surface area contributed by atoms with Crippen molar-refractivity contribution in [2.45, 2.75) is 6.10 Å². The van der Waals surface area contributed by atoms with Crippen LogP contribution in [0.5, 0.6) is 0 Å². The fourth-order valence-electron chi connectivity index (χ4n) is 3.61. The molecule has 1 saturated heterocycles. The van der Waals surface area contributed by atoms with Gasteiger partial charge in [0.05, 0.1) is 11.6 Å². The Morgan fingerprint density at radius 1 is 1.13 bits per heavy atom. The van der Waals surface area contributed by atoms with Crippen molar-refractivity contribution in [3.8, 4) is 11.1 Å². The first-order chi connectivity index (χ1) is 15.0. The minimum absolute atomic E-state index is 0.0515. The Labute approximate surface area is 183 Å². The molecule has 3 aromatic rings. The van der Waals surface area contributed by atoms with E-state index in [1.165, 1.54) is 0 Å². The third kappa shape index (κ3) is 4.37. The summed E-state index contributed by atoms with van der Waals surface area (Å²) in [6.07, 6.45) is 4.10. The minimum Gasteiger partial charge on any atom is -0.383 e. The standard InChI is InChI=1S/C26H27N3O2/c1-18(14-15-28(2)3)19-8-10-20(11-9-19)23-7-5-6-21-12-13-24(27-25(21)23)26(30)29-16-22(17-29)31-4/h5-15,22H,1,16-17H2,2-4H3/b15-14-. The fourth-order valence-corrected chi connectivity index (χ4v) is 3.61. The van der Waals surface area contributed by atoms with Gasteiger partial charge in [0.25, 0.3) is 5.91 Å². The van der Waals surface area contributed by atoms with Crippen LogP contribution < -0.4 is 0 Å². The van der Waals surface area contributed by atoms with Gasteiger partial charge in [-0.1, -0.05) is 55.1 Å². The summed E-state index contributed by atoms with van der Waals surface area (Å²) in [7, 11) is 5.64. The van der Waals surface area contributed by atoms with Gasteiger partial charge in [0, 0.05) is 45.2 Å². The number of para-hydroxylation sites is 1. The van der Waals surface area contributed by atoms with Crippen molar-refractivity contribution >= 4 is 22.4 Å². The number of hydrogen-bond donors (Lipinski definition) is 0. The van der Waals surface area contributed by atoms with Crippen LogP contribution in [-0.4, -0.2) is 61.1 Å². The number of aromatic nitrogens is 1. The second-order valence-electron chi connectivity index (χ2n) is 8.02. The summed E-state index contributed by atoms with van der Waals surface area (Å²) in [6, 6.07) is 18.1. The highest BCUT2D eigenvalue weighted by Crippen LogP contribution is 2.29. The Hall–Kier alpha value is -3.44. The van der Waals surface area contributed by atoms with E-state index in [4.69, 9.17) is 9.72 Å². The first-order valence-electron chi connectivity index (χ1n) is 10.3. The number of rotatable bonds is 6. The molecule has 1 aromatic heterocycles. The third-order valence-corrected chi connectivity index (χ3v) is 5.55. The predicted molar refractivity (Wildman–Crippen MR) is 126 cm³/mol. The van der Waals surface area contributed by atoms with E-state index in [-0.39, 0.29) is 12.0 Å². The number of ether oxygens (including phenoxy) is 1. The molecule has 0 atom stereocenters. The van der Waals surface area contributed by atoms with Gasteiger partial charge in [-0.2, -0.15) is 0 Å². The molecule has 4 rings (SSSR count). The van der Waals surface area contributed by atoms with Crippen LogP contribution in [0.2, 0.25) is 0 Å². The number of likely N-dealkylation sites (tertiary alicyclic amines) is 1. The van der Waals surface area contributed by atoms with Crippen molar-refractivity contribution in [3.05, 3.63) is 84.7 Å². The molecule has 31 heavy (non-hydrogen) atoms. The number of allylic oxidation sites excluding steroid dienone is 2. The van der Waals surface area contributed by atoms with E-state index in [1.54, 1.807) is 18.1 Å². The number of pyridine rings is 1. The molecule has 0 bridgehead atoms. The SMILES string of the molecule is C=C(/C=C\N(C)C)c1ccc(-c2cccc3ccc(C(=O)N4CC(OC)C4)nc23)cc1. The van der Waals surface area contributed by atoms with Gasteiger partial charge in [-0.05, 0) is 35.0 Å². The highest BCUT2D eigenvalue weighted by Gasteiger charge is 2.31. The van der Waals surface area contributed by atoms with Crippen molar-refractivity contribution in [3.63, 3.8) is 0 Å². The van der Waals surface area contributed by atoms with E-state index >= 15 is 0 Å². The van der Waals surface area contributed by atoms with Crippen molar-refractivity contribution in [2.75, 3.05) is 34.3 Å². The number of carbonyl (C=O) groups is 1. The Kier molecular flexibility index (Phi) is 5.87. The lowest BCUT2D eigenvalue weighted by atomic mass is 9.98. The summed E-state index contributed by atoms with van der Waals surface area (Å²) in [4.78, 5) is 21.3. The fraction of sp³-hybridized carbons (Fsp3) is 0.231. The molecule has 0 N–H and O–H groups in total. The van der Waals surface area contributed by atoms with Gasteiger partial charge in [-0.15, -0.1) is 0 Å². The Morgan fingerprint density at radius 3 is 2.55 bits per heavy atom. The second kappa shape index (κ2) is 8.74. The Balaban J connectivity index is 1.63. The van der Waals surface area contributed by atoms with Crippen molar-refractivity contribution in [1.29, 1.82) is 0 Å². The molecule has 2 aromatic carbocycles. The van der Waals surface area contributed by atoms with Crippen molar-refractivity contribution in [1.82, 2.24) is 14.8 Å². The number of methoxy groups -OCH3 is 1. The highest BCUT2D eigenvalue weighted by molar-refractivity contribution is 5.99. The molecule has 158 valence electrons. The molecular weight excluding hydrogens is 386 g/mol. The molecule has 0 unspecified atom stereocenters. The molecule has 5 heteroatoms. The van der Waals surface area contributed by atoms with Gasteiger partial charge >= 0.3 is 0 Å². The van der Waals surface area contributed by atoms with Gasteiger partial charge in [0.15, 0.2) is 0 Å². The van der Waals surface area contributed by atoms with Gasteiger partial charge in [-0.3, -0.25) is 4.79 Å². The second-order valence-corrected chi connectivity index (χ2v) is 8.02. The number of carbonyl (C=O) groups excluding carboxylic acids is 1. The van der Waals surface area contributed by atoms with Gasteiger partial charge < -0.3 is 14.5 Å². The van der Waals surface area contributed by atoms with Gasteiger partial charge in [-0.25, -0.2) is 4.98 Å². The predicted octanol–water partition coefficient (Wildman–Crippen LogP) is 4.46. The largest absolute Gasteiger partial charge is 0.383 e. The minimum atomic E-state index is -0.0515. The zero-order valence-corrected chi connectivity index (χ0v) is 18.2. The zero-order chi connectivity index (χ0) is 22.0. The van der Waals surface area contributed by atoms with E-state index in [9.17, 15) is 4.79 Å². The van der Waals surface area contributed by atoms with Crippen LogP contribution in [0.15, 0.2) is 73.5 Å². The molecule has 5 nitrogen and oxygen atoms in total. The molecule has 1 aliphatic heterocycles. The maximum atomic E-state index is 12.8. The molecule has 1 amide bonds. The molecule has 2 heterocycles. The first kappa shape index (κ1) is 20.8. The molecule has 0 saturated carbocycles. The van der Waals surface area contributed by atoms with E-state index in [1.807, 2.05) is 55.5 Å². The van der Waals surface area contributed by atoms with E-state index in [0.29, 0.717) is 18.8 Å². The summed E-state index contributed by atoms with van der Waals surface area (Å²) >= 11 is 0. The zero-order valence-electron chi connectivity index (χ0n) is 18.2. The monoisotopic (exact) mass is 413 g/mol. The lowest BCUT2D eigenvalue weighted by molar-refractivity contribution is -0.0194. The third-order valence-electron chi connectivity index (χ3n) is 5.55. The normalized spacial score (nSPS) is 14.1. The van der Waals surface area contributed by atoms with E-state index in [2.05, 4.69) is 30.8 Å². The first-order valence-corrected chi connectivity index (χ1v) is 10.3. The summed E-state index contributed by atoms with van der Waals surface area (Å²) in [5, 5.41) is 1.01. The topological polar surface area (TPSA) is 45.7 Å². The van der Waals surface area contributed by atoms with Crippen molar-refractivity contribution < 1.29 is 9.53 Å². The lowest BCUT2D eigenvalue weighted by Crippen LogP contribution is -2.54. The average molecular weight is 414 g/mol. The van der Waals surface area contributed by atoms with Crippen LogP contribution in [0.25, 0.3) is 27.6 Å². The maximum absolute atomic E-state index is 12.8. The summed E-state index contributed by atoms with van der Waals surface area (Å²) in [5.41, 5.74) is 5.37. The maximum Gasteiger partial charge on any atom is 0.272 e. The Morgan fingerprint density at radius 2 is 1.87 bits per heavy atom. The average Bonchev–Trinajstić information content (AvgIpc) is 2.76. The Bertz CT molecular complexity index is 1140. The van der Waals surface area contributed by atoms with Crippen LogP contribution in [0.3, 0.4) is 0 Å². The van der Waals surface area contributed by atoms with E-state index < -0.39 is 0 Å². The van der Waals surface area contributed by atoms with Crippen LogP contribution in [-0.2, 0) is 4.74 Å². The van der Waals surface area contributed by atoms with E-state index in [0.717, 1.165) is 33.2 Å². The summed E-state index contributed by atoms with van der Waals surface area (Å²) in [5.74, 6) is -0.0515. The number of fused-ring (bicyclic) bond motifs is 1. The molecule has 0 radical (unpaired) electrons. The number of nitrogens with zero attached hydrogens (tertiary/aromatic N) is 3. The highest BCUT2D eigenvalue weighted by atomic mass is 16.5. The van der Waals surface area contributed by atoms with Crippen LogP contribution in [0.4, 0.5) is 0 Å². The molecular formula is C26H27N3O2. The van der Waals surface area contributed by atoms with Crippen LogP contribution in [0, 0.1) is 0 Å². The van der Waals surface area contributed by atoms with Crippen LogP contribution >= 0.6 is 0 Å². The van der Waals surface area contributed by atoms with Gasteiger partial charge in [0.1, 0.15) is 5.69 Å². The quantitative estimate of drug-likeness (QED) is 0.560. The number of hydrogen-bond acceptors (Lipinski definition) is 4. The smallest absolute Gasteiger partial charge is 0.272 e. The molecule has 1 aliphatic rings. The summed E-state index contributed by atoms with van der Waals surface area (Å²) < 4.78 is 5.28. The molecule has 1 fully saturated rings. The van der Waals surface area contributed by atoms with Crippen LogP contribution in [0.1, 0.15) is 16.1 Å². The molecule has 0 spiro atoms.